The number of nitrogens with zero attached hydrogens (tertiary/aromatic N) is 4. The highest BCUT2D eigenvalue weighted by atomic mass is 32.2. The summed E-state index contributed by atoms with van der Waals surface area (Å²) in [6.45, 7) is -1.06. The topological polar surface area (TPSA) is 106 Å². The minimum absolute atomic E-state index is 0.0563. The minimum atomic E-state index is -2.91. The number of hydrogen-bond acceptors (Lipinski definition) is 9. The van der Waals surface area contributed by atoms with Crippen molar-refractivity contribution in [3.8, 4) is 5.75 Å². The average molecular weight is 499 g/mol. The van der Waals surface area contributed by atoms with Crippen molar-refractivity contribution in [2.75, 3.05) is 32.6 Å². The molecular weight excluding hydrogens is 481 g/mol. The monoisotopic (exact) mass is 498 g/mol. The van der Waals surface area contributed by atoms with E-state index in [0.717, 1.165) is 23.1 Å². The number of Topliss-reactive ketones (excluding diaryl/α,β-unsaturated/α-hetero) is 1. The van der Waals surface area contributed by atoms with Gasteiger partial charge in [0.1, 0.15) is 17.4 Å². The number of alkyl halides is 3. The smallest absolute Gasteiger partial charge is 0.297 e. The average Bonchev–Trinajstić information content (AvgIpc) is 3.30. The molecule has 174 valence electrons. The Hall–Kier alpha value is -2.77. The Morgan fingerprint density at radius 2 is 2.09 bits per heavy atom. The Morgan fingerprint density at radius 1 is 1.33 bits per heavy atom. The van der Waals surface area contributed by atoms with Gasteiger partial charge in [0.25, 0.3) is 6.43 Å². The number of aromatic nitrogens is 3. The molecule has 8 nitrogen and oxygen atoms in total. The number of rotatable bonds is 8. The van der Waals surface area contributed by atoms with Crippen LogP contribution in [-0.2, 0) is 10.5 Å². The van der Waals surface area contributed by atoms with Crippen LogP contribution in [-0.4, -0.2) is 69.2 Å². The molecule has 1 aliphatic rings. The maximum absolute atomic E-state index is 15.0. The van der Waals surface area contributed by atoms with Crippen LogP contribution in [0, 0.1) is 0 Å². The van der Waals surface area contributed by atoms with Gasteiger partial charge in [-0.25, -0.2) is 28.1 Å². The first-order chi connectivity index (χ1) is 15.7. The number of pyridine rings is 1. The normalized spacial score (nSPS) is 15.0. The molecule has 3 aromatic rings. The van der Waals surface area contributed by atoms with Gasteiger partial charge in [0, 0.05) is 4.88 Å². The lowest BCUT2D eigenvalue weighted by molar-refractivity contribution is -0.148. The zero-order chi connectivity index (χ0) is 23.8. The van der Waals surface area contributed by atoms with E-state index in [4.69, 9.17) is 9.84 Å². The first-order valence-electron chi connectivity index (χ1n) is 9.58. The molecule has 0 unspecified atom stereocenters. The fraction of sp³-hybridized carbons (Fsp3) is 0.350. The first kappa shape index (κ1) is 23.4. The van der Waals surface area contributed by atoms with Crippen molar-refractivity contribution < 1.29 is 32.6 Å². The van der Waals surface area contributed by atoms with Crippen LogP contribution >= 0.6 is 23.1 Å². The molecule has 0 aliphatic carbocycles. The molecule has 1 fully saturated rings. The Balaban J connectivity index is 1.50. The number of ketones is 1. The van der Waals surface area contributed by atoms with Crippen molar-refractivity contribution in [3.63, 3.8) is 0 Å². The van der Waals surface area contributed by atoms with Gasteiger partial charge in [0.2, 0.25) is 5.91 Å². The minimum Gasteiger partial charge on any atom is -0.495 e. The largest absolute Gasteiger partial charge is 0.495 e. The van der Waals surface area contributed by atoms with Gasteiger partial charge >= 0.3 is 0 Å². The van der Waals surface area contributed by atoms with Gasteiger partial charge in [-0.2, -0.15) is 0 Å². The quantitative estimate of drug-likeness (QED) is 0.287. The highest BCUT2D eigenvalue weighted by Gasteiger charge is 2.48. The lowest BCUT2D eigenvalue weighted by Gasteiger charge is -2.43. The number of thiophene rings is 1. The van der Waals surface area contributed by atoms with Crippen LogP contribution in [0.3, 0.4) is 0 Å². The van der Waals surface area contributed by atoms with Crippen LogP contribution in [0.25, 0.3) is 11.0 Å². The second-order valence-electron chi connectivity index (χ2n) is 7.18. The van der Waals surface area contributed by atoms with E-state index in [0.29, 0.717) is 20.9 Å². The highest BCUT2D eigenvalue weighted by molar-refractivity contribution is 8.00. The number of hydrogen-bond donors (Lipinski definition) is 1. The van der Waals surface area contributed by atoms with Gasteiger partial charge in [-0.05, 0) is 18.2 Å². The number of aliphatic hydroxyl groups excluding tert-OH is 1. The summed E-state index contributed by atoms with van der Waals surface area (Å²) in [5.74, 6) is -1.32. The third-order valence-electron chi connectivity index (χ3n) is 4.97. The second kappa shape index (κ2) is 9.23. The number of amides is 1. The third-order valence-corrected chi connectivity index (χ3v) is 7.27. The summed E-state index contributed by atoms with van der Waals surface area (Å²) in [4.78, 5) is 37.6. The van der Waals surface area contributed by atoms with Gasteiger partial charge in [-0.3, -0.25) is 9.59 Å². The van der Waals surface area contributed by atoms with E-state index in [2.05, 4.69) is 15.0 Å². The predicted molar refractivity (Wildman–Crippen MR) is 115 cm³/mol. The third kappa shape index (κ3) is 4.66. The summed E-state index contributed by atoms with van der Waals surface area (Å²) in [5.41, 5.74) is -1.71. The number of ether oxygens (including phenoxy) is 1. The fourth-order valence-corrected chi connectivity index (χ4v) is 5.21. The van der Waals surface area contributed by atoms with Crippen LogP contribution in [0.2, 0.25) is 0 Å². The summed E-state index contributed by atoms with van der Waals surface area (Å²) in [5, 5.41) is 9.39. The predicted octanol–water partition coefficient (Wildman–Crippen LogP) is 3.01. The van der Waals surface area contributed by atoms with Gasteiger partial charge in [-0.1, -0.05) is 11.8 Å². The first-order valence-corrected chi connectivity index (χ1v) is 11.4. The van der Waals surface area contributed by atoms with E-state index in [1.165, 1.54) is 30.3 Å². The fourth-order valence-electron chi connectivity index (χ4n) is 3.23. The van der Waals surface area contributed by atoms with Crippen molar-refractivity contribution >= 4 is 45.8 Å². The van der Waals surface area contributed by atoms with Crippen LogP contribution in [0.4, 0.5) is 13.2 Å². The molecule has 0 saturated carbocycles. The zero-order valence-electron chi connectivity index (χ0n) is 17.1. The molecular formula is C20H17F3N4O4S2. The van der Waals surface area contributed by atoms with Crippen molar-refractivity contribution in [1.82, 2.24) is 19.9 Å². The van der Waals surface area contributed by atoms with E-state index in [1.807, 2.05) is 0 Å². The molecule has 1 amide bonds. The zero-order valence-corrected chi connectivity index (χ0v) is 18.8. The highest BCUT2D eigenvalue weighted by Crippen LogP contribution is 2.40. The van der Waals surface area contributed by atoms with E-state index in [1.54, 1.807) is 6.07 Å². The second-order valence-corrected chi connectivity index (χ2v) is 9.23. The summed E-state index contributed by atoms with van der Waals surface area (Å²) >= 11 is 1.92. The van der Waals surface area contributed by atoms with Crippen LogP contribution in [0.1, 0.15) is 26.8 Å². The summed E-state index contributed by atoms with van der Waals surface area (Å²) < 4.78 is 46.5. The number of carbonyl (C=O) groups excluding carboxylic acids is 2. The lowest BCUT2D eigenvalue weighted by atomic mass is 9.94. The van der Waals surface area contributed by atoms with Gasteiger partial charge < -0.3 is 14.7 Å². The Bertz CT molecular complexity index is 1220. The number of thioether (sulfide) groups is 1. The number of likely N-dealkylation sites (tertiary alicyclic amines) is 1. The molecule has 3 aromatic heterocycles. The van der Waals surface area contributed by atoms with Crippen molar-refractivity contribution in [3.05, 3.63) is 40.0 Å². The Morgan fingerprint density at radius 3 is 2.76 bits per heavy atom. The molecule has 13 heteroatoms. The summed E-state index contributed by atoms with van der Waals surface area (Å²) in [7, 11) is 1.43. The number of methoxy groups -OCH3 is 1. The SMILES string of the molecule is COc1cnc2nc(C(F)F)nc(SCC(=O)c3ccc(C4(F)CN(C(=O)CO)C4)s3)c2c1. The molecule has 0 radical (unpaired) electrons. The Kier molecular flexibility index (Phi) is 6.54. The van der Waals surface area contributed by atoms with Gasteiger partial charge in [0.05, 0.1) is 42.4 Å². The van der Waals surface area contributed by atoms with Crippen molar-refractivity contribution in [2.45, 2.75) is 17.1 Å². The number of aliphatic hydroxyl groups is 1. The van der Waals surface area contributed by atoms with Gasteiger partial charge in [0.15, 0.2) is 22.9 Å². The van der Waals surface area contributed by atoms with Gasteiger partial charge in [-0.15, -0.1) is 11.3 Å². The summed E-state index contributed by atoms with van der Waals surface area (Å²) in [6, 6.07) is 4.54. The molecule has 0 bridgehead atoms. The van der Waals surface area contributed by atoms with Crippen molar-refractivity contribution in [1.29, 1.82) is 0 Å². The maximum atomic E-state index is 15.0. The molecule has 4 heterocycles. The van der Waals surface area contributed by atoms with Crippen molar-refractivity contribution in [2.24, 2.45) is 0 Å². The van der Waals surface area contributed by atoms with Crippen LogP contribution < -0.4 is 4.74 Å². The molecule has 1 N–H and O–H groups in total. The Labute approximate surface area is 193 Å². The number of halogens is 3. The van der Waals surface area contributed by atoms with E-state index < -0.39 is 30.4 Å². The van der Waals surface area contributed by atoms with E-state index in [-0.39, 0.29) is 35.3 Å². The lowest BCUT2D eigenvalue weighted by Crippen LogP contribution is -2.59. The molecule has 33 heavy (non-hydrogen) atoms. The molecule has 0 aromatic carbocycles. The molecule has 4 rings (SSSR count). The van der Waals surface area contributed by atoms with E-state index >= 15 is 0 Å². The van der Waals surface area contributed by atoms with E-state index in [9.17, 15) is 22.8 Å². The number of fused-ring (bicyclic) bond motifs is 1. The maximum Gasteiger partial charge on any atom is 0.297 e. The summed E-state index contributed by atoms with van der Waals surface area (Å²) in [6.07, 6.45) is -1.56. The molecule has 0 spiro atoms. The van der Waals surface area contributed by atoms with Crippen LogP contribution in [0.5, 0.6) is 5.75 Å². The molecule has 0 atom stereocenters. The number of carbonyl (C=O) groups is 2. The molecule has 1 aliphatic heterocycles. The standard InChI is InChI=1S/C20H17F3N4O4S2/c1-31-10-4-11-17(24-5-10)25-18(16(21)22)26-19(11)32-7-12(29)13-2-3-14(33-13)20(23)8-27(9-20)15(30)6-28/h2-5,16,28H,6-9H2,1H3. The van der Waals surface area contributed by atoms with Crippen LogP contribution in [0.15, 0.2) is 29.4 Å². The molecule has 1 saturated heterocycles.